The van der Waals surface area contributed by atoms with Gasteiger partial charge in [0.2, 0.25) is 0 Å². The number of nitrogens with two attached hydrogens (primary N) is 1. The second kappa shape index (κ2) is 8.87. The van der Waals surface area contributed by atoms with Crippen LogP contribution in [0.1, 0.15) is 40.7 Å². The molecule has 0 amide bonds. The summed E-state index contributed by atoms with van der Waals surface area (Å²) >= 11 is 0. The van der Waals surface area contributed by atoms with Crippen molar-refractivity contribution in [1.29, 1.82) is 0 Å². The van der Waals surface area contributed by atoms with Gasteiger partial charge in [0, 0.05) is 30.2 Å². The summed E-state index contributed by atoms with van der Waals surface area (Å²) in [4.78, 5) is 22.6. The lowest BCUT2D eigenvalue weighted by Gasteiger charge is -2.07. The van der Waals surface area contributed by atoms with Crippen molar-refractivity contribution in [2.45, 2.75) is 32.6 Å². The molecule has 2 rings (SSSR count). The summed E-state index contributed by atoms with van der Waals surface area (Å²) < 4.78 is 5.56. The number of ketones is 1. The van der Waals surface area contributed by atoms with Crippen LogP contribution in [0.15, 0.2) is 42.5 Å². The average Bonchev–Trinajstić information content (AvgIpc) is 2.58. The van der Waals surface area contributed by atoms with Gasteiger partial charge >= 0.3 is 0 Å². The Morgan fingerprint density at radius 3 is 2.54 bits per heavy atom. The molecule has 0 unspecified atom stereocenters. The number of rotatable bonds is 9. The summed E-state index contributed by atoms with van der Waals surface area (Å²) in [5, 5.41) is 0. The Bertz CT molecular complexity index is 693. The van der Waals surface area contributed by atoms with Gasteiger partial charge in [-0.2, -0.15) is 0 Å². The van der Waals surface area contributed by atoms with Crippen LogP contribution in [0.25, 0.3) is 0 Å². The molecule has 0 bridgehead atoms. The lowest BCUT2D eigenvalue weighted by Crippen LogP contribution is -2.05. The summed E-state index contributed by atoms with van der Waals surface area (Å²) in [7, 11) is 0. The summed E-state index contributed by atoms with van der Waals surface area (Å²) in [5.41, 5.74) is 8.99. The van der Waals surface area contributed by atoms with E-state index in [1.165, 1.54) is 11.1 Å². The van der Waals surface area contributed by atoms with Crippen molar-refractivity contribution in [1.82, 2.24) is 0 Å². The largest absolute Gasteiger partial charge is 0.494 e. The van der Waals surface area contributed by atoms with Gasteiger partial charge in [0.15, 0.2) is 6.29 Å². The predicted molar refractivity (Wildman–Crippen MR) is 95.5 cm³/mol. The van der Waals surface area contributed by atoms with Crippen molar-refractivity contribution in [2.75, 3.05) is 12.3 Å². The molecule has 0 aliphatic heterocycles. The van der Waals surface area contributed by atoms with E-state index in [0.717, 1.165) is 6.42 Å². The molecule has 2 N–H and O–H groups in total. The van der Waals surface area contributed by atoms with Crippen LogP contribution in [0.2, 0.25) is 0 Å². The highest BCUT2D eigenvalue weighted by Crippen LogP contribution is 2.19. The van der Waals surface area contributed by atoms with Gasteiger partial charge in [0.25, 0.3) is 0 Å². The fourth-order valence-electron chi connectivity index (χ4n) is 2.37. The smallest absolute Gasteiger partial charge is 0.152 e. The standard InChI is InChI=1S/C20H23NO3/c1-15-4-6-16(7-5-15)8-10-18(23)3-2-12-24-19-11-9-17(14-22)20(21)13-19/h4-7,9,11,13-14H,2-3,8,10,12,21H2,1H3. The van der Waals surface area contributed by atoms with Crippen LogP contribution in [-0.4, -0.2) is 18.7 Å². The van der Waals surface area contributed by atoms with E-state index in [9.17, 15) is 9.59 Å². The Morgan fingerprint density at radius 1 is 1.12 bits per heavy atom. The molecule has 4 nitrogen and oxygen atoms in total. The normalized spacial score (nSPS) is 10.4. The lowest BCUT2D eigenvalue weighted by molar-refractivity contribution is -0.119. The van der Waals surface area contributed by atoms with Gasteiger partial charge in [-0.3, -0.25) is 9.59 Å². The number of Topliss-reactive ketones (excluding diaryl/α,β-unsaturated/α-hetero) is 1. The Balaban J connectivity index is 1.66. The Kier molecular flexibility index (Phi) is 6.55. The molecule has 2 aromatic carbocycles. The van der Waals surface area contributed by atoms with Crippen LogP contribution < -0.4 is 10.5 Å². The molecule has 0 saturated carbocycles. The Morgan fingerprint density at radius 2 is 1.88 bits per heavy atom. The third-order valence-corrected chi connectivity index (χ3v) is 3.87. The number of hydrogen-bond acceptors (Lipinski definition) is 4. The van der Waals surface area contributed by atoms with E-state index in [0.29, 0.717) is 49.2 Å². The molecule has 0 aliphatic carbocycles. The quantitative estimate of drug-likeness (QED) is 0.433. The van der Waals surface area contributed by atoms with E-state index < -0.39 is 0 Å². The van der Waals surface area contributed by atoms with Gasteiger partial charge in [-0.15, -0.1) is 0 Å². The van der Waals surface area contributed by atoms with E-state index in [4.69, 9.17) is 10.5 Å². The molecule has 0 radical (unpaired) electrons. The number of carbonyl (C=O) groups excluding carboxylic acids is 2. The topological polar surface area (TPSA) is 69.4 Å². The summed E-state index contributed by atoms with van der Waals surface area (Å²) in [6, 6.07) is 13.2. The molecule has 0 saturated heterocycles. The Hall–Kier alpha value is -2.62. The molecular formula is C20H23NO3. The average molecular weight is 325 g/mol. The minimum atomic E-state index is 0.245. The van der Waals surface area contributed by atoms with Crippen molar-refractivity contribution in [3.05, 3.63) is 59.2 Å². The first-order valence-electron chi connectivity index (χ1n) is 8.13. The van der Waals surface area contributed by atoms with Gasteiger partial charge in [0.05, 0.1) is 6.61 Å². The number of anilines is 1. The zero-order valence-electron chi connectivity index (χ0n) is 14.0. The fourth-order valence-corrected chi connectivity index (χ4v) is 2.37. The molecule has 0 aromatic heterocycles. The van der Waals surface area contributed by atoms with Gasteiger partial charge in [-0.25, -0.2) is 0 Å². The van der Waals surface area contributed by atoms with Crippen LogP contribution in [0.5, 0.6) is 5.75 Å². The molecule has 126 valence electrons. The minimum absolute atomic E-state index is 0.245. The third-order valence-electron chi connectivity index (χ3n) is 3.87. The number of hydrogen-bond donors (Lipinski definition) is 1. The van der Waals surface area contributed by atoms with Crippen LogP contribution in [-0.2, 0) is 11.2 Å². The van der Waals surface area contributed by atoms with Crippen molar-refractivity contribution in [2.24, 2.45) is 0 Å². The van der Waals surface area contributed by atoms with Crippen LogP contribution in [0.3, 0.4) is 0 Å². The van der Waals surface area contributed by atoms with Crippen molar-refractivity contribution in [3.8, 4) is 5.75 Å². The number of benzene rings is 2. The fraction of sp³-hybridized carbons (Fsp3) is 0.300. The molecule has 0 spiro atoms. The summed E-state index contributed by atoms with van der Waals surface area (Å²) in [6.45, 7) is 2.51. The zero-order valence-corrected chi connectivity index (χ0v) is 14.0. The van der Waals surface area contributed by atoms with Crippen molar-refractivity contribution >= 4 is 17.8 Å². The van der Waals surface area contributed by atoms with Crippen LogP contribution in [0.4, 0.5) is 5.69 Å². The molecule has 4 heteroatoms. The van der Waals surface area contributed by atoms with Gasteiger partial charge in [-0.05, 0) is 37.5 Å². The second-order valence-electron chi connectivity index (χ2n) is 5.88. The number of nitrogen functional groups attached to an aromatic ring is 1. The van der Waals surface area contributed by atoms with E-state index in [1.54, 1.807) is 18.2 Å². The monoisotopic (exact) mass is 325 g/mol. The molecule has 2 aromatic rings. The maximum absolute atomic E-state index is 11.9. The maximum atomic E-state index is 11.9. The van der Waals surface area contributed by atoms with Crippen LogP contribution >= 0.6 is 0 Å². The highest BCUT2D eigenvalue weighted by atomic mass is 16.5. The number of aldehydes is 1. The van der Waals surface area contributed by atoms with E-state index in [-0.39, 0.29) is 5.78 Å². The predicted octanol–water partition coefficient (Wildman–Crippen LogP) is 3.75. The van der Waals surface area contributed by atoms with Gasteiger partial charge in [-0.1, -0.05) is 29.8 Å². The lowest BCUT2D eigenvalue weighted by atomic mass is 10.0. The molecule has 24 heavy (non-hydrogen) atoms. The Labute approximate surface area is 142 Å². The van der Waals surface area contributed by atoms with E-state index >= 15 is 0 Å². The highest BCUT2D eigenvalue weighted by molar-refractivity contribution is 5.83. The summed E-state index contributed by atoms with van der Waals surface area (Å²) in [5.74, 6) is 0.861. The van der Waals surface area contributed by atoms with Gasteiger partial charge in [0.1, 0.15) is 11.5 Å². The number of ether oxygens (including phenoxy) is 1. The molecule has 0 heterocycles. The first-order valence-corrected chi connectivity index (χ1v) is 8.13. The first-order chi connectivity index (χ1) is 11.6. The maximum Gasteiger partial charge on any atom is 0.152 e. The third kappa shape index (κ3) is 5.54. The SMILES string of the molecule is Cc1ccc(CCC(=O)CCCOc2ccc(C=O)c(N)c2)cc1. The molecular weight excluding hydrogens is 302 g/mol. The number of aryl methyl sites for hydroxylation is 2. The summed E-state index contributed by atoms with van der Waals surface area (Å²) in [6.07, 6.45) is 3.23. The van der Waals surface area contributed by atoms with E-state index in [1.807, 2.05) is 0 Å². The first kappa shape index (κ1) is 17.7. The highest BCUT2D eigenvalue weighted by Gasteiger charge is 2.04. The van der Waals surface area contributed by atoms with Gasteiger partial charge < -0.3 is 10.5 Å². The molecule has 0 fully saturated rings. The zero-order chi connectivity index (χ0) is 17.4. The van der Waals surface area contributed by atoms with E-state index in [2.05, 4.69) is 31.2 Å². The second-order valence-corrected chi connectivity index (χ2v) is 5.88. The van der Waals surface area contributed by atoms with Crippen LogP contribution in [0, 0.1) is 6.92 Å². The van der Waals surface area contributed by atoms with Crippen molar-refractivity contribution in [3.63, 3.8) is 0 Å². The molecule has 0 atom stereocenters. The van der Waals surface area contributed by atoms with Crippen molar-refractivity contribution < 1.29 is 14.3 Å². The number of carbonyl (C=O) groups is 2. The minimum Gasteiger partial charge on any atom is -0.494 e. The molecule has 0 aliphatic rings.